The van der Waals surface area contributed by atoms with Gasteiger partial charge >= 0.3 is 0 Å². The Kier molecular flexibility index (Phi) is 2.26. The molecule has 2 aliphatic carbocycles. The molecule has 4 rings (SSSR count). The normalized spacial score (nSPS) is 31.5. The summed E-state index contributed by atoms with van der Waals surface area (Å²) in [4.78, 5) is 20.3. The highest BCUT2D eigenvalue weighted by Gasteiger charge is 2.67. The SMILES string of the molecule is CC1(C)[C@@]2(C)CC[C@]1(C)c1nc3ccc([N+](=O)[O-])cc3nc12. The van der Waals surface area contributed by atoms with E-state index in [9.17, 15) is 10.1 Å². The molecule has 5 nitrogen and oxygen atoms in total. The second-order valence-electron chi connectivity index (χ2n) is 7.64. The van der Waals surface area contributed by atoms with Crippen molar-refractivity contribution in [2.24, 2.45) is 5.41 Å². The summed E-state index contributed by atoms with van der Waals surface area (Å²) in [5.41, 5.74) is 3.68. The molecule has 2 aromatic rings. The number of nitro groups is 1. The minimum absolute atomic E-state index is 0.0110. The number of hydrogen-bond donors (Lipinski definition) is 0. The van der Waals surface area contributed by atoms with E-state index in [-0.39, 0.29) is 26.9 Å². The predicted molar refractivity (Wildman–Crippen MR) is 83.9 cm³/mol. The third-order valence-electron chi connectivity index (χ3n) is 6.79. The van der Waals surface area contributed by atoms with Crippen molar-refractivity contribution < 1.29 is 4.92 Å². The molecule has 0 unspecified atom stereocenters. The lowest BCUT2D eigenvalue weighted by atomic mass is 9.65. The molecule has 1 aromatic carbocycles. The van der Waals surface area contributed by atoms with Crippen molar-refractivity contribution in [2.75, 3.05) is 0 Å². The van der Waals surface area contributed by atoms with Crippen LogP contribution in [0.3, 0.4) is 0 Å². The topological polar surface area (TPSA) is 68.9 Å². The van der Waals surface area contributed by atoms with Gasteiger partial charge in [0.15, 0.2) is 0 Å². The van der Waals surface area contributed by atoms with E-state index < -0.39 is 0 Å². The van der Waals surface area contributed by atoms with Gasteiger partial charge in [0.25, 0.3) is 5.69 Å². The smallest absolute Gasteiger partial charge is 0.258 e. The van der Waals surface area contributed by atoms with Gasteiger partial charge in [0.2, 0.25) is 0 Å². The van der Waals surface area contributed by atoms with E-state index in [2.05, 4.69) is 27.7 Å². The van der Waals surface area contributed by atoms with Crippen LogP contribution in [0.5, 0.6) is 0 Å². The average molecular weight is 297 g/mol. The molecule has 0 N–H and O–H groups in total. The van der Waals surface area contributed by atoms with E-state index in [1.807, 2.05) is 0 Å². The van der Waals surface area contributed by atoms with E-state index in [0.29, 0.717) is 5.52 Å². The summed E-state index contributed by atoms with van der Waals surface area (Å²) in [5, 5.41) is 11.0. The molecule has 22 heavy (non-hydrogen) atoms. The summed E-state index contributed by atoms with van der Waals surface area (Å²) >= 11 is 0. The van der Waals surface area contributed by atoms with Crippen LogP contribution in [0.15, 0.2) is 18.2 Å². The largest absolute Gasteiger partial charge is 0.271 e. The first-order valence-electron chi connectivity index (χ1n) is 7.68. The second-order valence-corrected chi connectivity index (χ2v) is 7.64. The molecule has 0 amide bonds. The van der Waals surface area contributed by atoms with Gasteiger partial charge in [-0.1, -0.05) is 27.7 Å². The van der Waals surface area contributed by atoms with Crippen LogP contribution < -0.4 is 0 Å². The van der Waals surface area contributed by atoms with Crippen LogP contribution in [0.25, 0.3) is 11.0 Å². The van der Waals surface area contributed by atoms with Gasteiger partial charge in [0.1, 0.15) is 0 Å². The van der Waals surface area contributed by atoms with Gasteiger partial charge in [-0.05, 0) is 24.3 Å². The first-order chi connectivity index (χ1) is 10.2. The van der Waals surface area contributed by atoms with E-state index in [1.165, 1.54) is 12.1 Å². The van der Waals surface area contributed by atoms with Crippen molar-refractivity contribution in [2.45, 2.75) is 51.4 Å². The Bertz CT molecular complexity index is 845. The fourth-order valence-electron chi connectivity index (χ4n) is 4.49. The fraction of sp³-hybridized carbons (Fsp3) is 0.529. The van der Waals surface area contributed by atoms with Crippen molar-refractivity contribution >= 4 is 16.7 Å². The maximum Gasteiger partial charge on any atom is 0.271 e. The van der Waals surface area contributed by atoms with Gasteiger partial charge in [-0.2, -0.15) is 0 Å². The lowest BCUT2D eigenvalue weighted by molar-refractivity contribution is -0.384. The van der Waals surface area contributed by atoms with Crippen molar-refractivity contribution in [1.29, 1.82) is 0 Å². The highest BCUT2D eigenvalue weighted by molar-refractivity contribution is 5.78. The van der Waals surface area contributed by atoms with Crippen LogP contribution in [0.4, 0.5) is 5.69 Å². The quantitative estimate of drug-likeness (QED) is 0.591. The third-order valence-corrected chi connectivity index (χ3v) is 6.79. The zero-order valence-corrected chi connectivity index (χ0v) is 13.3. The molecular formula is C17H19N3O2. The van der Waals surface area contributed by atoms with Crippen LogP contribution in [0.1, 0.15) is 51.9 Å². The number of nitrogens with zero attached hydrogens (tertiary/aromatic N) is 3. The molecular weight excluding hydrogens is 278 g/mol. The molecule has 5 heteroatoms. The number of nitro benzene ring substituents is 1. The second kappa shape index (κ2) is 3.65. The summed E-state index contributed by atoms with van der Waals surface area (Å²) in [6, 6.07) is 4.75. The lowest BCUT2D eigenvalue weighted by Crippen LogP contribution is -2.38. The van der Waals surface area contributed by atoms with Gasteiger partial charge in [-0.15, -0.1) is 0 Å². The Balaban J connectivity index is 2.04. The molecule has 1 saturated carbocycles. The third kappa shape index (κ3) is 1.26. The Morgan fingerprint density at radius 1 is 1.00 bits per heavy atom. The summed E-state index contributed by atoms with van der Waals surface area (Å²) in [5.74, 6) is 0. The van der Waals surface area contributed by atoms with E-state index >= 15 is 0 Å². The van der Waals surface area contributed by atoms with Gasteiger partial charge in [0, 0.05) is 23.0 Å². The Hall–Kier alpha value is -2.04. The van der Waals surface area contributed by atoms with Crippen LogP contribution in [0.2, 0.25) is 0 Å². The summed E-state index contributed by atoms with van der Waals surface area (Å²) < 4.78 is 0. The number of non-ortho nitro benzene ring substituents is 1. The van der Waals surface area contributed by atoms with Gasteiger partial charge in [-0.25, -0.2) is 9.97 Å². The number of aromatic nitrogens is 2. The van der Waals surface area contributed by atoms with E-state index in [0.717, 1.165) is 29.7 Å². The summed E-state index contributed by atoms with van der Waals surface area (Å²) in [7, 11) is 0. The van der Waals surface area contributed by atoms with Crippen molar-refractivity contribution in [3.05, 3.63) is 39.7 Å². The van der Waals surface area contributed by atoms with Crippen LogP contribution in [-0.2, 0) is 10.8 Å². The molecule has 0 saturated heterocycles. The van der Waals surface area contributed by atoms with Crippen LogP contribution >= 0.6 is 0 Å². The van der Waals surface area contributed by atoms with Gasteiger partial charge in [-0.3, -0.25) is 10.1 Å². The van der Waals surface area contributed by atoms with Gasteiger partial charge in [0.05, 0.1) is 27.3 Å². The molecule has 2 aliphatic rings. The molecule has 114 valence electrons. The Morgan fingerprint density at radius 3 is 2.09 bits per heavy atom. The highest BCUT2D eigenvalue weighted by Crippen LogP contribution is 2.69. The van der Waals surface area contributed by atoms with E-state index in [1.54, 1.807) is 6.07 Å². The van der Waals surface area contributed by atoms with Crippen molar-refractivity contribution in [1.82, 2.24) is 9.97 Å². The summed E-state index contributed by atoms with van der Waals surface area (Å²) in [6.45, 7) is 9.16. The van der Waals surface area contributed by atoms with Crippen LogP contribution in [-0.4, -0.2) is 14.9 Å². The molecule has 0 spiro atoms. The first-order valence-corrected chi connectivity index (χ1v) is 7.68. The van der Waals surface area contributed by atoms with Crippen LogP contribution in [0, 0.1) is 15.5 Å². The fourth-order valence-corrected chi connectivity index (χ4v) is 4.49. The molecule has 1 fully saturated rings. The Morgan fingerprint density at radius 2 is 1.55 bits per heavy atom. The standard InChI is InChI=1S/C17H19N3O2/c1-15(2)16(3)7-8-17(15,4)14-13(16)18-11-6-5-10(20(21)22)9-12(11)19-14/h5-6,9H,7-8H2,1-4H3/t16-,17+/m1/s1. The number of rotatable bonds is 1. The molecule has 1 heterocycles. The Labute approximate surface area is 128 Å². The molecule has 0 radical (unpaired) electrons. The maximum atomic E-state index is 11.0. The average Bonchev–Trinajstić information content (AvgIpc) is 2.73. The highest BCUT2D eigenvalue weighted by atomic mass is 16.6. The molecule has 0 aliphatic heterocycles. The first kappa shape index (κ1) is 13.6. The number of hydrogen-bond acceptors (Lipinski definition) is 4. The minimum Gasteiger partial charge on any atom is -0.258 e. The molecule has 1 aromatic heterocycles. The molecule has 2 bridgehead atoms. The van der Waals surface area contributed by atoms with Crippen molar-refractivity contribution in [3.63, 3.8) is 0 Å². The zero-order valence-electron chi connectivity index (χ0n) is 13.3. The minimum atomic E-state index is -0.381. The zero-order chi connectivity index (χ0) is 15.9. The number of benzene rings is 1. The lowest BCUT2D eigenvalue weighted by Gasteiger charge is -2.38. The van der Waals surface area contributed by atoms with E-state index in [4.69, 9.17) is 9.97 Å². The monoisotopic (exact) mass is 297 g/mol. The number of fused-ring (bicyclic) bond motifs is 6. The van der Waals surface area contributed by atoms with Crippen molar-refractivity contribution in [3.8, 4) is 0 Å². The summed E-state index contributed by atoms with van der Waals surface area (Å²) in [6.07, 6.45) is 2.22. The van der Waals surface area contributed by atoms with Gasteiger partial charge < -0.3 is 0 Å². The molecule has 2 atom stereocenters. The maximum absolute atomic E-state index is 11.0. The predicted octanol–water partition coefficient (Wildman–Crippen LogP) is 3.89.